The van der Waals surface area contributed by atoms with Gasteiger partial charge in [0.05, 0.1) is 19.3 Å². The van der Waals surface area contributed by atoms with Gasteiger partial charge in [-0.3, -0.25) is 4.79 Å². The maximum atomic E-state index is 12.4. The van der Waals surface area contributed by atoms with Gasteiger partial charge in [0.15, 0.2) is 0 Å². The number of aliphatic hydroxyl groups is 1. The van der Waals surface area contributed by atoms with Gasteiger partial charge < -0.3 is 14.7 Å². The normalized spacial score (nSPS) is 22.0. The van der Waals surface area contributed by atoms with Gasteiger partial charge in [0.25, 0.3) is 0 Å². The number of carbonyl (C=O) groups is 1. The molecule has 1 saturated heterocycles. The molecular formula is C18H25NO3. The van der Waals surface area contributed by atoms with Crippen LogP contribution in [0.1, 0.15) is 32.3 Å². The van der Waals surface area contributed by atoms with Crippen molar-refractivity contribution in [2.75, 3.05) is 19.8 Å². The first-order chi connectivity index (χ1) is 10.7. The van der Waals surface area contributed by atoms with Gasteiger partial charge in [0.1, 0.15) is 5.75 Å². The third-order valence-corrected chi connectivity index (χ3v) is 4.20. The minimum absolute atomic E-state index is 0.0283. The zero-order chi connectivity index (χ0) is 15.9. The number of hydrogen-bond donors (Lipinski definition) is 1. The molecule has 2 rings (SSSR count). The summed E-state index contributed by atoms with van der Waals surface area (Å²) in [6, 6.07) is 7.58. The maximum Gasteiger partial charge on any atom is 0.246 e. The second kappa shape index (κ2) is 7.99. The lowest BCUT2D eigenvalue weighted by molar-refractivity contribution is -0.132. The number of rotatable bonds is 5. The fourth-order valence-corrected chi connectivity index (χ4v) is 2.91. The first kappa shape index (κ1) is 16.6. The van der Waals surface area contributed by atoms with Crippen LogP contribution in [0.15, 0.2) is 30.3 Å². The van der Waals surface area contributed by atoms with Crippen molar-refractivity contribution >= 4 is 12.0 Å². The Kier molecular flexibility index (Phi) is 6.01. The summed E-state index contributed by atoms with van der Waals surface area (Å²) in [5, 5.41) is 9.52. The van der Waals surface area contributed by atoms with Crippen molar-refractivity contribution in [1.82, 2.24) is 4.90 Å². The number of ether oxygens (including phenoxy) is 1. The number of piperidine rings is 1. The van der Waals surface area contributed by atoms with Crippen molar-refractivity contribution in [3.8, 4) is 5.75 Å². The van der Waals surface area contributed by atoms with Crippen LogP contribution in [0.25, 0.3) is 6.08 Å². The van der Waals surface area contributed by atoms with Crippen LogP contribution in [0.3, 0.4) is 0 Å². The number of hydrogen-bond acceptors (Lipinski definition) is 3. The number of benzene rings is 1. The van der Waals surface area contributed by atoms with E-state index in [1.807, 2.05) is 37.3 Å². The van der Waals surface area contributed by atoms with Crippen molar-refractivity contribution in [3.05, 3.63) is 35.9 Å². The summed E-state index contributed by atoms with van der Waals surface area (Å²) in [6.07, 6.45) is 5.47. The Balaban J connectivity index is 2.00. The molecule has 0 radical (unpaired) electrons. The van der Waals surface area contributed by atoms with Crippen LogP contribution in [0.2, 0.25) is 0 Å². The summed E-state index contributed by atoms with van der Waals surface area (Å²) in [6.45, 7) is 5.44. The Bertz CT molecular complexity index is 510. The quantitative estimate of drug-likeness (QED) is 0.851. The molecule has 22 heavy (non-hydrogen) atoms. The molecule has 2 atom stereocenters. The predicted octanol–water partition coefficient (Wildman–Crippen LogP) is 2.72. The number of aliphatic hydroxyl groups excluding tert-OH is 1. The highest BCUT2D eigenvalue weighted by Gasteiger charge is 2.30. The van der Waals surface area contributed by atoms with E-state index in [-0.39, 0.29) is 18.6 Å². The standard InChI is InChI=1S/C18H25NO3/c1-3-22-16-9-6-15(7-10-16)8-11-18(21)19-12-4-5-14(2)17(19)13-20/h6-11,14,17,20H,3-5,12-13H2,1-2H3/b11-8+. The molecular weight excluding hydrogens is 278 g/mol. The fraction of sp³-hybridized carbons (Fsp3) is 0.500. The van der Waals surface area contributed by atoms with Gasteiger partial charge in [-0.25, -0.2) is 0 Å². The zero-order valence-corrected chi connectivity index (χ0v) is 13.4. The van der Waals surface area contributed by atoms with E-state index >= 15 is 0 Å². The molecule has 1 fully saturated rings. The fourth-order valence-electron chi connectivity index (χ4n) is 2.91. The van der Waals surface area contributed by atoms with Crippen molar-refractivity contribution in [2.24, 2.45) is 5.92 Å². The molecule has 0 aliphatic carbocycles. The lowest BCUT2D eigenvalue weighted by Gasteiger charge is -2.38. The van der Waals surface area contributed by atoms with E-state index in [4.69, 9.17) is 4.74 Å². The molecule has 1 aromatic carbocycles. The van der Waals surface area contributed by atoms with Crippen molar-refractivity contribution in [2.45, 2.75) is 32.7 Å². The summed E-state index contributed by atoms with van der Waals surface area (Å²) < 4.78 is 5.39. The number of amides is 1. The van der Waals surface area contributed by atoms with Crippen molar-refractivity contribution in [1.29, 1.82) is 0 Å². The summed E-state index contributed by atoms with van der Waals surface area (Å²) in [5.41, 5.74) is 0.961. The molecule has 1 heterocycles. The Labute approximate surface area is 132 Å². The number of carbonyl (C=O) groups excluding carboxylic acids is 1. The van der Waals surface area contributed by atoms with Gasteiger partial charge in [-0.2, -0.15) is 0 Å². The molecule has 2 unspecified atom stereocenters. The average Bonchev–Trinajstić information content (AvgIpc) is 2.54. The summed E-state index contributed by atoms with van der Waals surface area (Å²) >= 11 is 0. The molecule has 4 nitrogen and oxygen atoms in total. The van der Waals surface area contributed by atoms with Gasteiger partial charge in [0, 0.05) is 12.6 Å². The van der Waals surface area contributed by atoms with Gasteiger partial charge >= 0.3 is 0 Å². The van der Waals surface area contributed by atoms with Crippen molar-refractivity contribution < 1.29 is 14.6 Å². The van der Waals surface area contributed by atoms with E-state index in [2.05, 4.69) is 6.92 Å². The van der Waals surface area contributed by atoms with Crippen LogP contribution >= 0.6 is 0 Å². The van der Waals surface area contributed by atoms with E-state index in [1.165, 1.54) is 0 Å². The Morgan fingerprint density at radius 3 is 2.77 bits per heavy atom. The number of likely N-dealkylation sites (tertiary alicyclic amines) is 1. The van der Waals surface area contributed by atoms with Gasteiger partial charge in [0.2, 0.25) is 5.91 Å². The van der Waals surface area contributed by atoms with Crippen LogP contribution in [-0.4, -0.2) is 41.7 Å². The molecule has 0 spiro atoms. The smallest absolute Gasteiger partial charge is 0.246 e. The Morgan fingerprint density at radius 1 is 1.41 bits per heavy atom. The molecule has 1 aliphatic rings. The minimum Gasteiger partial charge on any atom is -0.494 e. The topological polar surface area (TPSA) is 49.8 Å². The molecule has 120 valence electrons. The van der Waals surface area contributed by atoms with Gasteiger partial charge in [-0.05, 0) is 49.5 Å². The molecule has 1 N–H and O–H groups in total. The van der Waals surface area contributed by atoms with Gasteiger partial charge in [-0.1, -0.05) is 19.1 Å². The van der Waals surface area contributed by atoms with Crippen LogP contribution in [0.4, 0.5) is 0 Å². The third-order valence-electron chi connectivity index (χ3n) is 4.20. The van der Waals surface area contributed by atoms with Crippen LogP contribution < -0.4 is 4.74 Å². The average molecular weight is 303 g/mol. The molecule has 1 amide bonds. The second-order valence-electron chi connectivity index (χ2n) is 5.74. The first-order valence-electron chi connectivity index (χ1n) is 7.98. The molecule has 4 heteroatoms. The predicted molar refractivity (Wildman–Crippen MR) is 87.6 cm³/mol. The van der Waals surface area contributed by atoms with Gasteiger partial charge in [-0.15, -0.1) is 0 Å². The number of nitrogens with zero attached hydrogens (tertiary/aromatic N) is 1. The first-order valence-corrected chi connectivity index (χ1v) is 7.98. The lowest BCUT2D eigenvalue weighted by Crippen LogP contribution is -2.49. The highest BCUT2D eigenvalue weighted by molar-refractivity contribution is 5.92. The molecule has 0 saturated carbocycles. The third kappa shape index (κ3) is 4.10. The van der Waals surface area contributed by atoms with Crippen molar-refractivity contribution in [3.63, 3.8) is 0 Å². The minimum atomic E-state index is -0.0637. The summed E-state index contributed by atoms with van der Waals surface area (Å²) in [4.78, 5) is 14.1. The lowest BCUT2D eigenvalue weighted by atomic mass is 9.91. The van der Waals surface area contributed by atoms with E-state index in [0.717, 1.165) is 30.7 Å². The highest BCUT2D eigenvalue weighted by Crippen LogP contribution is 2.23. The van der Waals surface area contributed by atoms with Crippen LogP contribution in [-0.2, 0) is 4.79 Å². The van der Waals surface area contributed by atoms with E-state index < -0.39 is 0 Å². The summed E-state index contributed by atoms with van der Waals surface area (Å²) in [5.74, 6) is 1.15. The molecule has 0 aromatic heterocycles. The summed E-state index contributed by atoms with van der Waals surface area (Å²) in [7, 11) is 0. The van der Waals surface area contributed by atoms with Crippen LogP contribution in [0, 0.1) is 5.92 Å². The highest BCUT2D eigenvalue weighted by atomic mass is 16.5. The largest absolute Gasteiger partial charge is 0.494 e. The van der Waals surface area contributed by atoms with E-state index in [0.29, 0.717) is 12.5 Å². The Hall–Kier alpha value is -1.81. The maximum absolute atomic E-state index is 12.4. The molecule has 0 bridgehead atoms. The second-order valence-corrected chi connectivity index (χ2v) is 5.74. The van der Waals surface area contributed by atoms with E-state index in [1.54, 1.807) is 11.0 Å². The van der Waals surface area contributed by atoms with E-state index in [9.17, 15) is 9.90 Å². The van der Waals surface area contributed by atoms with Crippen LogP contribution in [0.5, 0.6) is 5.75 Å². The SMILES string of the molecule is CCOc1ccc(/C=C/C(=O)N2CCCC(C)C2CO)cc1. The zero-order valence-electron chi connectivity index (χ0n) is 13.4. The molecule has 1 aliphatic heterocycles. The molecule has 1 aromatic rings. The Morgan fingerprint density at radius 2 is 2.14 bits per heavy atom. The monoisotopic (exact) mass is 303 g/mol.